The van der Waals surface area contributed by atoms with Gasteiger partial charge in [-0.25, -0.2) is 5.01 Å². The molecule has 1 amide bonds. The zero-order chi connectivity index (χ0) is 13.9. The zero-order valence-electron chi connectivity index (χ0n) is 8.59. The van der Waals surface area contributed by atoms with Crippen molar-refractivity contribution < 1.29 is 18.0 Å². The largest absolute Gasteiger partial charge is 0.397 e. The Hall–Kier alpha value is -0.690. The molecule has 18 heavy (non-hydrogen) atoms. The standard InChI is InChI=1S/C9H6Cl3F3N2O/c10-6-1-3-7(4-2-6)16(17(11)12)8(18)5-9(13,14)15/h1-4H,5H2. The van der Waals surface area contributed by atoms with Crippen LogP contribution in [0.25, 0.3) is 0 Å². The number of amides is 1. The van der Waals surface area contributed by atoms with Gasteiger partial charge in [-0.05, 0) is 28.3 Å². The SMILES string of the molecule is O=C(CC(F)(F)F)N(c1ccc(Cl)cc1)N(Cl)Cl. The van der Waals surface area contributed by atoms with E-state index in [9.17, 15) is 18.0 Å². The lowest BCUT2D eigenvalue weighted by Crippen LogP contribution is -2.38. The highest BCUT2D eigenvalue weighted by Gasteiger charge is 2.35. The molecule has 0 N–H and O–H groups in total. The number of benzene rings is 1. The lowest BCUT2D eigenvalue weighted by Gasteiger charge is -2.24. The van der Waals surface area contributed by atoms with Gasteiger partial charge in [-0.15, -0.1) is 0 Å². The summed E-state index contributed by atoms with van der Waals surface area (Å²) in [6.07, 6.45) is -6.32. The maximum atomic E-state index is 12.1. The van der Waals surface area contributed by atoms with Crippen molar-refractivity contribution in [3.05, 3.63) is 29.3 Å². The Balaban J connectivity index is 2.96. The van der Waals surface area contributed by atoms with Gasteiger partial charge >= 0.3 is 6.18 Å². The highest BCUT2D eigenvalue weighted by molar-refractivity contribution is 6.36. The van der Waals surface area contributed by atoms with Gasteiger partial charge in [0.05, 0.1) is 5.69 Å². The third kappa shape index (κ3) is 4.53. The van der Waals surface area contributed by atoms with E-state index in [4.69, 9.17) is 35.2 Å². The smallest absolute Gasteiger partial charge is 0.273 e. The van der Waals surface area contributed by atoms with Crippen LogP contribution in [0.2, 0.25) is 5.02 Å². The zero-order valence-corrected chi connectivity index (χ0v) is 10.9. The van der Waals surface area contributed by atoms with Crippen molar-refractivity contribution in [2.24, 2.45) is 0 Å². The summed E-state index contributed by atoms with van der Waals surface area (Å²) < 4.78 is 36.6. The van der Waals surface area contributed by atoms with Gasteiger partial charge in [0.15, 0.2) is 0 Å². The topological polar surface area (TPSA) is 23.6 Å². The molecule has 0 unspecified atom stereocenters. The first-order chi connectivity index (χ1) is 8.20. The van der Waals surface area contributed by atoms with E-state index in [0.29, 0.717) is 10.0 Å². The molecule has 0 aliphatic rings. The maximum absolute atomic E-state index is 12.1. The minimum atomic E-state index is -4.65. The number of hydrogen-bond acceptors (Lipinski definition) is 2. The first-order valence-electron chi connectivity index (χ1n) is 4.47. The summed E-state index contributed by atoms with van der Waals surface area (Å²) >= 11 is 16.3. The Morgan fingerprint density at radius 3 is 2.06 bits per heavy atom. The van der Waals surface area contributed by atoms with Gasteiger partial charge in [-0.1, -0.05) is 11.6 Å². The number of hydrogen-bond donors (Lipinski definition) is 0. The number of carbonyl (C=O) groups is 1. The van der Waals surface area contributed by atoms with Gasteiger partial charge in [0, 0.05) is 28.6 Å². The highest BCUT2D eigenvalue weighted by atomic mass is 35.5. The fourth-order valence-corrected chi connectivity index (χ4v) is 1.61. The molecule has 0 radical (unpaired) electrons. The van der Waals surface area contributed by atoms with Gasteiger partial charge in [0.2, 0.25) is 0 Å². The molecule has 0 aliphatic heterocycles. The molecule has 1 aromatic rings. The predicted octanol–water partition coefficient (Wildman–Crippen LogP) is 4.15. The minimum absolute atomic E-state index is 0.0682. The van der Waals surface area contributed by atoms with Gasteiger partial charge in [-0.2, -0.15) is 13.2 Å². The van der Waals surface area contributed by atoms with Crippen LogP contribution < -0.4 is 5.01 Å². The quantitative estimate of drug-likeness (QED) is 0.617. The van der Waals surface area contributed by atoms with Crippen LogP contribution in [0.5, 0.6) is 0 Å². The number of hydrazine groups is 1. The lowest BCUT2D eigenvalue weighted by atomic mass is 10.3. The van der Waals surface area contributed by atoms with Crippen LogP contribution in [0.4, 0.5) is 18.9 Å². The predicted molar refractivity (Wildman–Crippen MR) is 63.2 cm³/mol. The van der Waals surface area contributed by atoms with Crippen LogP contribution in [0.1, 0.15) is 6.42 Å². The second-order valence-corrected chi connectivity index (χ2v) is 4.44. The lowest BCUT2D eigenvalue weighted by molar-refractivity contribution is -0.152. The highest BCUT2D eigenvalue weighted by Crippen LogP contribution is 2.27. The van der Waals surface area contributed by atoms with Crippen molar-refractivity contribution in [3.8, 4) is 0 Å². The number of alkyl halides is 3. The molecule has 0 aliphatic carbocycles. The molecule has 100 valence electrons. The minimum Gasteiger partial charge on any atom is -0.273 e. The summed E-state index contributed by atoms with van der Waals surface area (Å²) in [5.74, 6) is -1.31. The molecule has 0 atom stereocenters. The van der Waals surface area contributed by atoms with Crippen molar-refractivity contribution in [1.29, 1.82) is 0 Å². The van der Waals surface area contributed by atoms with Gasteiger partial charge < -0.3 is 0 Å². The molecule has 0 spiro atoms. The summed E-state index contributed by atoms with van der Waals surface area (Å²) in [7, 11) is 0. The fraction of sp³-hybridized carbons (Fsp3) is 0.222. The molecule has 3 nitrogen and oxygen atoms in total. The number of anilines is 1. The molecule has 0 heterocycles. The molecule has 1 aromatic carbocycles. The average Bonchev–Trinajstić information content (AvgIpc) is 2.18. The monoisotopic (exact) mass is 320 g/mol. The Labute approximate surface area is 116 Å². The van der Waals surface area contributed by atoms with Crippen LogP contribution in [-0.4, -0.2) is 16.1 Å². The Morgan fingerprint density at radius 2 is 1.67 bits per heavy atom. The van der Waals surface area contributed by atoms with E-state index in [1.165, 1.54) is 24.3 Å². The van der Waals surface area contributed by atoms with Gasteiger partial charge in [0.25, 0.3) is 5.91 Å². The molecule has 0 fully saturated rings. The first-order valence-corrected chi connectivity index (χ1v) is 5.53. The molecule has 1 rings (SSSR count). The fourth-order valence-electron chi connectivity index (χ4n) is 1.14. The summed E-state index contributed by atoms with van der Waals surface area (Å²) in [6, 6.07) is 5.41. The van der Waals surface area contributed by atoms with Crippen molar-refractivity contribution in [1.82, 2.24) is 4.05 Å². The number of halogens is 6. The van der Waals surface area contributed by atoms with E-state index in [0.717, 1.165) is 0 Å². The van der Waals surface area contributed by atoms with Crippen LogP contribution in [0, 0.1) is 0 Å². The summed E-state index contributed by atoms with van der Waals surface area (Å²) in [6.45, 7) is 0. The van der Waals surface area contributed by atoms with Crippen LogP contribution in [0.15, 0.2) is 24.3 Å². The third-order valence-corrected chi connectivity index (χ3v) is 2.36. The Morgan fingerprint density at radius 1 is 1.17 bits per heavy atom. The number of rotatable bonds is 3. The normalized spacial score (nSPS) is 11.7. The van der Waals surface area contributed by atoms with E-state index in [1.807, 2.05) is 0 Å². The van der Waals surface area contributed by atoms with Crippen molar-refractivity contribution >= 4 is 46.7 Å². The van der Waals surface area contributed by atoms with E-state index in [1.54, 1.807) is 0 Å². The molecule has 0 saturated heterocycles. The molecule has 0 saturated carbocycles. The molecule has 0 aromatic heterocycles. The second kappa shape index (κ2) is 5.97. The van der Waals surface area contributed by atoms with Crippen molar-refractivity contribution in [2.75, 3.05) is 5.01 Å². The second-order valence-electron chi connectivity index (χ2n) is 3.19. The van der Waals surface area contributed by atoms with Gasteiger partial charge in [0.1, 0.15) is 6.42 Å². The number of carbonyl (C=O) groups excluding carboxylic acids is 1. The van der Waals surface area contributed by atoms with Crippen LogP contribution >= 0.6 is 35.2 Å². The maximum Gasteiger partial charge on any atom is 0.397 e. The van der Waals surface area contributed by atoms with E-state index >= 15 is 0 Å². The average molecular weight is 322 g/mol. The Kier molecular flexibility index (Phi) is 5.10. The van der Waals surface area contributed by atoms with Crippen molar-refractivity contribution in [2.45, 2.75) is 12.6 Å². The third-order valence-electron chi connectivity index (χ3n) is 1.81. The van der Waals surface area contributed by atoms with Gasteiger partial charge in [-0.3, -0.25) is 4.79 Å². The summed E-state index contributed by atoms with van der Waals surface area (Å²) in [5.41, 5.74) is 0.0682. The van der Waals surface area contributed by atoms with E-state index < -0.39 is 18.5 Å². The molecule has 9 heteroatoms. The molecular formula is C9H6Cl3F3N2O. The van der Waals surface area contributed by atoms with Crippen LogP contribution in [0.3, 0.4) is 0 Å². The number of nitrogens with zero attached hydrogens (tertiary/aromatic N) is 2. The first kappa shape index (κ1) is 15.4. The molecule has 0 bridgehead atoms. The Bertz CT molecular complexity index is 422. The van der Waals surface area contributed by atoms with Crippen molar-refractivity contribution in [3.63, 3.8) is 0 Å². The summed E-state index contributed by atoms with van der Waals surface area (Å²) in [4.78, 5) is 11.4. The molecular weight excluding hydrogens is 315 g/mol. The van der Waals surface area contributed by atoms with E-state index in [-0.39, 0.29) is 9.73 Å². The summed E-state index contributed by atoms with van der Waals surface area (Å²) in [5, 5.41) is 0.838. The van der Waals surface area contributed by atoms with Crippen LogP contribution in [-0.2, 0) is 4.79 Å². The van der Waals surface area contributed by atoms with E-state index in [2.05, 4.69) is 0 Å².